The predicted octanol–water partition coefficient (Wildman–Crippen LogP) is 7.91. The summed E-state index contributed by atoms with van der Waals surface area (Å²) >= 11 is 0. The van der Waals surface area contributed by atoms with Gasteiger partial charge >= 0.3 is 5.97 Å². The van der Waals surface area contributed by atoms with E-state index in [4.69, 9.17) is 28.4 Å². The van der Waals surface area contributed by atoms with Crippen molar-refractivity contribution in [1.29, 1.82) is 0 Å². The second-order valence-electron chi connectivity index (χ2n) is 19.8. The molecule has 13 nitrogen and oxygen atoms in total. The summed E-state index contributed by atoms with van der Waals surface area (Å²) in [5.41, 5.74) is 0.359. The minimum absolute atomic E-state index is 0.0176. The summed E-state index contributed by atoms with van der Waals surface area (Å²) < 4.78 is 36.4. The quantitative estimate of drug-likeness (QED) is 0.135. The van der Waals surface area contributed by atoms with Crippen molar-refractivity contribution in [2.45, 2.75) is 174 Å². The van der Waals surface area contributed by atoms with E-state index < -0.39 is 47.4 Å². The van der Waals surface area contributed by atoms with Gasteiger partial charge in [-0.25, -0.2) is 4.79 Å². The smallest absolute Gasteiger partial charge is 0.328 e. The summed E-state index contributed by atoms with van der Waals surface area (Å²) in [6.07, 6.45) is 17.5. The molecule has 372 valence electrons. The molecule has 4 rings (SSSR count). The SMILES string of the molecule is COC1CC(C)=CC(C)C(=O)CCOC(=O)C2CCCCN2C(=O)C(=O)[C@@]2(C(C)C[C@@H]3CC[C@@H](OCCO)[C@H](OC)C3)OC(CCC2C)CC(OC)C(C)=CC=CC=CC(C)CC(C)C1=O. The van der Waals surface area contributed by atoms with Crippen molar-refractivity contribution >= 4 is 29.2 Å². The first-order valence-corrected chi connectivity index (χ1v) is 24.8. The zero-order chi connectivity index (χ0) is 48.6. The number of methoxy groups -OCH3 is 3. The normalized spacial score (nSPS) is 35.2. The Hall–Kier alpha value is -3.33. The highest BCUT2D eigenvalue weighted by Gasteiger charge is 2.57. The lowest BCUT2D eigenvalue weighted by atomic mass is 9.66. The Morgan fingerprint density at radius 1 is 0.848 bits per heavy atom. The molecular formula is C53H83NO12. The van der Waals surface area contributed by atoms with Crippen molar-refractivity contribution < 1.29 is 57.5 Å². The molecule has 13 atom stereocenters. The van der Waals surface area contributed by atoms with E-state index in [1.165, 1.54) is 12.0 Å². The van der Waals surface area contributed by atoms with Gasteiger partial charge < -0.3 is 38.4 Å². The number of nitrogens with zero attached hydrogens (tertiary/aromatic N) is 1. The first kappa shape index (κ1) is 55.3. The van der Waals surface area contributed by atoms with Gasteiger partial charge in [0.25, 0.3) is 11.7 Å². The lowest BCUT2D eigenvalue weighted by Gasteiger charge is -2.50. The van der Waals surface area contributed by atoms with Crippen LogP contribution in [-0.4, -0.2) is 129 Å². The van der Waals surface area contributed by atoms with Crippen LogP contribution >= 0.6 is 0 Å². The molecule has 0 radical (unpaired) electrons. The molecule has 9 unspecified atom stereocenters. The van der Waals surface area contributed by atoms with E-state index in [-0.39, 0.29) is 92.3 Å². The number of hydrogen-bond acceptors (Lipinski definition) is 12. The van der Waals surface area contributed by atoms with Gasteiger partial charge in [0.2, 0.25) is 0 Å². The fourth-order valence-electron chi connectivity index (χ4n) is 11.0. The Bertz CT molecular complexity index is 1740. The number of carbonyl (C=O) groups is 5. The van der Waals surface area contributed by atoms with Gasteiger partial charge in [-0.05, 0) is 107 Å². The predicted molar refractivity (Wildman–Crippen MR) is 253 cm³/mol. The van der Waals surface area contributed by atoms with Crippen LogP contribution in [0.5, 0.6) is 0 Å². The number of Topliss-reactive ketones (excluding diaryl/α,β-unsaturated/α-hetero) is 3. The number of rotatable bonds is 9. The number of amides is 1. The number of piperidine rings is 1. The lowest BCUT2D eigenvalue weighted by molar-refractivity contribution is -0.203. The first-order valence-electron chi connectivity index (χ1n) is 24.8. The summed E-state index contributed by atoms with van der Waals surface area (Å²) in [4.78, 5) is 72.1. The van der Waals surface area contributed by atoms with Crippen LogP contribution in [0.2, 0.25) is 0 Å². The number of ketones is 3. The minimum atomic E-state index is -1.48. The van der Waals surface area contributed by atoms with Crippen molar-refractivity contribution in [3.05, 3.63) is 47.6 Å². The molecule has 4 aliphatic rings. The zero-order valence-electron chi connectivity index (χ0n) is 41.8. The van der Waals surface area contributed by atoms with Crippen molar-refractivity contribution in [2.24, 2.45) is 35.5 Å². The maximum Gasteiger partial charge on any atom is 0.328 e. The maximum absolute atomic E-state index is 15.3. The fraction of sp³-hybridized carbons (Fsp3) is 0.755. The van der Waals surface area contributed by atoms with Crippen LogP contribution in [0, 0.1) is 35.5 Å². The van der Waals surface area contributed by atoms with Crippen molar-refractivity contribution in [3.63, 3.8) is 0 Å². The number of hydrogen-bond donors (Lipinski definition) is 1. The van der Waals surface area contributed by atoms with Crippen LogP contribution in [0.3, 0.4) is 0 Å². The Balaban J connectivity index is 1.68. The highest BCUT2D eigenvalue weighted by Crippen LogP contribution is 2.46. The van der Waals surface area contributed by atoms with Gasteiger partial charge in [0.1, 0.15) is 23.5 Å². The van der Waals surface area contributed by atoms with E-state index in [0.717, 1.165) is 24.0 Å². The summed E-state index contributed by atoms with van der Waals surface area (Å²) in [6, 6.07) is -0.970. The van der Waals surface area contributed by atoms with Crippen molar-refractivity contribution in [2.75, 3.05) is 47.7 Å². The molecule has 0 aromatic heterocycles. The topological polar surface area (TPSA) is 164 Å². The van der Waals surface area contributed by atoms with Gasteiger partial charge in [-0.2, -0.15) is 0 Å². The molecule has 1 N–H and O–H groups in total. The van der Waals surface area contributed by atoms with Crippen LogP contribution in [0.4, 0.5) is 0 Å². The summed E-state index contributed by atoms with van der Waals surface area (Å²) in [7, 11) is 4.87. The summed E-state index contributed by atoms with van der Waals surface area (Å²) in [5.74, 6) is -3.21. The van der Waals surface area contributed by atoms with Gasteiger partial charge in [0.05, 0.1) is 44.2 Å². The molecule has 1 aliphatic carbocycles. The first-order chi connectivity index (χ1) is 31.5. The Morgan fingerprint density at radius 3 is 2.29 bits per heavy atom. The average molecular weight is 926 g/mol. The third-order valence-electron chi connectivity index (χ3n) is 14.8. The van der Waals surface area contributed by atoms with Crippen molar-refractivity contribution in [1.82, 2.24) is 4.90 Å². The third-order valence-corrected chi connectivity index (χ3v) is 14.8. The number of fused-ring (bicyclic) bond motifs is 3. The van der Waals surface area contributed by atoms with Gasteiger partial charge in [-0.15, -0.1) is 0 Å². The van der Waals surface area contributed by atoms with E-state index in [9.17, 15) is 24.3 Å². The molecule has 66 heavy (non-hydrogen) atoms. The van der Waals surface area contributed by atoms with Gasteiger partial charge in [0.15, 0.2) is 5.78 Å². The molecule has 0 aromatic carbocycles. The number of aliphatic hydroxyl groups excluding tert-OH is 1. The molecule has 3 aliphatic heterocycles. The molecular weight excluding hydrogens is 843 g/mol. The number of esters is 1. The standard InChI is InChI=1S/C53H83NO12/c1-34-16-12-11-13-17-36(3)46(61-8)33-42-21-19-39(6)53(66-42,40(7)31-41-20-22-45(64-27-25-55)47(32-41)62-9)50(58)51(59)54-24-15-14-18-43(54)52(60)65-26-23-44(56)37(4)29-35(2)30-48(63-10)49(57)38(5)28-34/h11-13,16-17,29,34,37-43,45-48,55H,14-15,18-28,30-33H2,1-10H3/t34?,37?,38?,39?,40?,41-,42?,43?,45+,46?,47+,48?,53+/m0/s1. The molecule has 1 saturated carbocycles. The highest BCUT2D eigenvalue weighted by atomic mass is 16.5. The number of allylic oxidation sites excluding steroid dienone is 6. The van der Waals surface area contributed by atoms with E-state index >= 15 is 4.79 Å². The fourth-order valence-corrected chi connectivity index (χ4v) is 11.0. The van der Waals surface area contributed by atoms with E-state index in [1.54, 1.807) is 21.1 Å². The average Bonchev–Trinajstić information content (AvgIpc) is 3.30. The largest absolute Gasteiger partial charge is 0.464 e. The van der Waals surface area contributed by atoms with Crippen LogP contribution in [-0.2, 0) is 52.4 Å². The second-order valence-corrected chi connectivity index (χ2v) is 19.8. The molecule has 2 saturated heterocycles. The molecule has 13 heteroatoms. The van der Waals surface area contributed by atoms with Gasteiger partial charge in [0, 0.05) is 59.0 Å². The minimum Gasteiger partial charge on any atom is -0.464 e. The summed E-state index contributed by atoms with van der Waals surface area (Å²) in [5, 5.41) is 9.40. The number of aliphatic hydroxyl groups is 1. The van der Waals surface area contributed by atoms with Gasteiger partial charge in [-0.3, -0.25) is 19.2 Å². The Labute approximate surface area is 395 Å². The second kappa shape index (κ2) is 27.0. The van der Waals surface area contributed by atoms with Crippen LogP contribution in [0.15, 0.2) is 47.6 Å². The number of cyclic esters (lactones) is 1. The Morgan fingerprint density at radius 2 is 1.59 bits per heavy atom. The number of carbonyl (C=O) groups excluding carboxylic acids is 5. The lowest BCUT2D eigenvalue weighted by Crippen LogP contribution is -2.63. The zero-order valence-corrected chi connectivity index (χ0v) is 41.8. The van der Waals surface area contributed by atoms with Crippen LogP contribution in [0.25, 0.3) is 0 Å². The van der Waals surface area contributed by atoms with Crippen molar-refractivity contribution in [3.8, 4) is 0 Å². The van der Waals surface area contributed by atoms with E-state index in [0.29, 0.717) is 64.2 Å². The highest BCUT2D eigenvalue weighted by molar-refractivity contribution is 6.39. The molecule has 3 fully saturated rings. The van der Waals surface area contributed by atoms with Crippen LogP contribution < -0.4 is 0 Å². The van der Waals surface area contributed by atoms with E-state index in [1.807, 2.05) is 65.0 Å². The molecule has 1 amide bonds. The third kappa shape index (κ3) is 14.8. The van der Waals surface area contributed by atoms with Gasteiger partial charge in [-0.1, -0.05) is 76.6 Å². The number of ether oxygens (including phenoxy) is 6. The molecule has 0 aromatic rings. The monoisotopic (exact) mass is 926 g/mol. The van der Waals surface area contributed by atoms with E-state index in [2.05, 4.69) is 13.0 Å². The molecule has 3 heterocycles. The summed E-state index contributed by atoms with van der Waals surface area (Å²) in [6.45, 7) is 14.0. The molecule has 0 spiro atoms. The van der Waals surface area contributed by atoms with Crippen LogP contribution in [0.1, 0.15) is 132 Å². The Kier molecular flexibility index (Phi) is 22.6. The molecule has 2 bridgehead atoms. The maximum atomic E-state index is 15.3.